The zero-order valence-corrected chi connectivity index (χ0v) is 10.9. The molecular formula is C12H13N3O2S. The summed E-state index contributed by atoms with van der Waals surface area (Å²) in [5, 5.41) is 0.774. The lowest BCUT2D eigenvalue weighted by Gasteiger charge is -2.11. The fraction of sp³-hybridized carbons (Fsp3) is 0.167. The van der Waals surface area contributed by atoms with Crippen molar-refractivity contribution < 1.29 is 9.47 Å². The van der Waals surface area contributed by atoms with E-state index >= 15 is 0 Å². The van der Waals surface area contributed by atoms with Crippen LogP contribution in [-0.4, -0.2) is 24.2 Å². The topological polar surface area (TPSA) is 70.3 Å². The Morgan fingerprint density at radius 3 is 2.44 bits per heavy atom. The number of methoxy groups -OCH3 is 2. The first-order chi connectivity index (χ1) is 8.74. The van der Waals surface area contributed by atoms with Crippen molar-refractivity contribution in [2.45, 2.75) is 9.92 Å². The highest BCUT2D eigenvalue weighted by atomic mass is 32.2. The predicted molar refractivity (Wildman–Crippen MR) is 70.1 cm³/mol. The van der Waals surface area contributed by atoms with E-state index in [1.54, 1.807) is 38.9 Å². The Labute approximate surface area is 109 Å². The van der Waals surface area contributed by atoms with Crippen molar-refractivity contribution in [3.8, 4) is 11.5 Å². The van der Waals surface area contributed by atoms with E-state index in [1.165, 1.54) is 11.8 Å². The molecule has 2 aromatic rings. The number of aromatic nitrogens is 2. The Kier molecular flexibility index (Phi) is 3.88. The lowest BCUT2D eigenvalue weighted by Crippen LogP contribution is -1.95. The first-order valence-corrected chi connectivity index (χ1v) is 6.01. The maximum atomic E-state index is 5.96. The molecule has 0 spiro atoms. The van der Waals surface area contributed by atoms with E-state index in [0.29, 0.717) is 17.2 Å². The molecule has 1 aromatic carbocycles. The molecule has 18 heavy (non-hydrogen) atoms. The fourth-order valence-electron chi connectivity index (χ4n) is 1.42. The van der Waals surface area contributed by atoms with Gasteiger partial charge in [0.2, 0.25) is 0 Å². The average Bonchev–Trinajstić information content (AvgIpc) is 2.41. The smallest absolute Gasteiger partial charge is 0.162 e. The van der Waals surface area contributed by atoms with Crippen LogP contribution in [0.3, 0.4) is 0 Å². The summed E-state index contributed by atoms with van der Waals surface area (Å²) < 4.78 is 10.4. The SMILES string of the molecule is COc1cc(N)c(Sc2cnccn2)cc1OC. The Bertz CT molecular complexity index is 534. The number of nitrogen functional groups attached to an aromatic ring is 1. The number of anilines is 1. The van der Waals surface area contributed by atoms with Crippen molar-refractivity contribution >= 4 is 17.4 Å². The minimum Gasteiger partial charge on any atom is -0.493 e. The van der Waals surface area contributed by atoms with E-state index in [0.717, 1.165) is 9.92 Å². The van der Waals surface area contributed by atoms with Crippen molar-refractivity contribution in [2.75, 3.05) is 20.0 Å². The number of hydrogen-bond donors (Lipinski definition) is 1. The minimum absolute atomic E-state index is 0.610. The predicted octanol–water partition coefficient (Wildman–Crippen LogP) is 2.23. The summed E-state index contributed by atoms with van der Waals surface area (Å²) in [6, 6.07) is 3.56. The van der Waals surface area contributed by atoms with Crippen LogP contribution in [0.15, 0.2) is 40.6 Å². The molecule has 0 fully saturated rings. The Hall–Kier alpha value is -1.95. The van der Waals surface area contributed by atoms with Gasteiger partial charge in [0, 0.05) is 35.1 Å². The molecule has 0 aliphatic rings. The van der Waals surface area contributed by atoms with Gasteiger partial charge in [-0.2, -0.15) is 0 Å². The third-order valence-electron chi connectivity index (χ3n) is 2.27. The molecule has 0 aliphatic heterocycles. The Morgan fingerprint density at radius 1 is 1.11 bits per heavy atom. The zero-order chi connectivity index (χ0) is 13.0. The van der Waals surface area contributed by atoms with Crippen LogP contribution in [0.25, 0.3) is 0 Å². The minimum atomic E-state index is 0.610. The van der Waals surface area contributed by atoms with Gasteiger partial charge in [-0.25, -0.2) is 4.98 Å². The zero-order valence-electron chi connectivity index (χ0n) is 10.1. The van der Waals surface area contributed by atoms with Crippen LogP contribution in [0, 0.1) is 0 Å². The molecular weight excluding hydrogens is 250 g/mol. The van der Waals surface area contributed by atoms with Crippen molar-refractivity contribution in [2.24, 2.45) is 0 Å². The molecule has 0 unspecified atom stereocenters. The van der Waals surface area contributed by atoms with Gasteiger partial charge in [-0.1, -0.05) is 11.8 Å². The second-order valence-electron chi connectivity index (χ2n) is 3.39. The fourth-order valence-corrected chi connectivity index (χ4v) is 2.21. The summed E-state index contributed by atoms with van der Waals surface area (Å²) in [6.45, 7) is 0. The van der Waals surface area contributed by atoms with Gasteiger partial charge in [0.1, 0.15) is 5.03 Å². The van der Waals surface area contributed by atoms with Gasteiger partial charge >= 0.3 is 0 Å². The van der Waals surface area contributed by atoms with Gasteiger partial charge in [-0.15, -0.1) is 0 Å². The van der Waals surface area contributed by atoms with E-state index in [1.807, 2.05) is 6.07 Å². The summed E-state index contributed by atoms with van der Waals surface area (Å²) in [5.41, 5.74) is 6.58. The lowest BCUT2D eigenvalue weighted by atomic mass is 10.3. The number of hydrogen-bond acceptors (Lipinski definition) is 6. The highest BCUT2D eigenvalue weighted by molar-refractivity contribution is 7.99. The van der Waals surface area contributed by atoms with Gasteiger partial charge in [-0.3, -0.25) is 4.98 Å². The van der Waals surface area contributed by atoms with Crippen LogP contribution >= 0.6 is 11.8 Å². The Morgan fingerprint density at radius 2 is 1.83 bits per heavy atom. The van der Waals surface area contributed by atoms with Crippen LogP contribution in [0.1, 0.15) is 0 Å². The largest absolute Gasteiger partial charge is 0.493 e. The van der Waals surface area contributed by atoms with Crippen molar-refractivity contribution in [1.29, 1.82) is 0 Å². The summed E-state index contributed by atoms with van der Waals surface area (Å²) in [7, 11) is 3.16. The molecule has 0 amide bonds. The first-order valence-electron chi connectivity index (χ1n) is 5.20. The lowest BCUT2D eigenvalue weighted by molar-refractivity contribution is 0.354. The average molecular weight is 263 g/mol. The third-order valence-corrected chi connectivity index (χ3v) is 3.26. The second-order valence-corrected chi connectivity index (χ2v) is 4.45. The molecule has 0 atom stereocenters. The van der Waals surface area contributed by atoms with Crippen LogP contribution < -0.4 is 15.2 Å². The molecule has 5 nitrogen and oxygen atoms in total. The highest BCUT2D eigenvalue weighted by Gasteiger charge is 2.10. The second kappa shape index (κ2) is 5.59. The van der Waals surface area contributed by atoms with Gasteiger partial charge < -0.3 is 15.2 Å². The van der Waals surface area contributed by atoms with E-state index in [4.69, 9.17) is 15.2 Å². The maximum Gasteiger partial charge on any atom is 0.162 e. The summed E-state index contributed by atoms with van der Waals surface area (Å²) in [6.07, 6.45) is 4.95. The summed E-state index contributed by atoms with van der Waals surface area (Å²) in [4.78, 5) is 9.05. The van der Waals surface area contributed by atoms with Crippen LogP contribution in [0.4, 0.5) is 5.69 Å². The molecule has 0 saturated heterocycles. The van der Waals surface area contributed by atoms with E-state index in [-0.39, 0.29) is 0 Å². The van der Waals surface area contributed by atoms with E-state index < -0.39 is 0 Å². The first kappa shape index (κ1) is 12.5. The van der Waals surface area contributed by atoms with Crippen LogP contribution in [0.2, 0.25) is 0 Å². The monoisotopic (exact) mass is 263 g/mol. The third kappa shape index (κ3) is 2.65. The number of nitrogens with zero attached hydrogens (tertiary/aromatic N) is 2. The molecule has 6 heteroatoms. The molecule has 94 valence electrons. The normalized spacial score (nSPS) is 10.1. The molecule has 0 radical (unpaired) electrons. The van der Waals surface area contributed by atoms with Gasteiger partial charge in [0.25, 0.3) is 0 Å². The number of benzene rings is 1. The molecule has 2 N–H and O–H groups in total. The van der Waals surface area contributed by atoms with Gasteiger partial charge in [-0.05, 0) is 0 Å². The highest BCUT2D eigenvalue weighted by Crippen LogP contribution is 2.38. The molecule has 0 aliphatic carbocycles. The van der Waals surface area contributed by atoms with Crippen molar-refractivity contribution in [3.05, 3.63) is 30.7 Å². The molecule has 2 rings (SSSR count). The van der Waals surface area contributed by atoms with Gasteiger partial charge in [0.15, 0.2) is 11.5 Å². The van der Waals surface area contributed by atoms with Crippen LogP contribution in [-0.2, 0) is 0 Å². The van der Waals surface area contributed by atoms with Crippen LogP contribution in [0.5, 0.6) is 11.5 Å². The van der Waals surface area contributed by atoms with E-state index in [2.05, 4.69) is 9.97 Å². The quantitative estimate of drug-likeness (QED) is 0.853. The van der Waals surface area contributed by atoms with Gasteiger partial charge in [0.05, 0.1) is 20.4 Å². The number of ether oxygens (including phenoxy) is 2. The number of nitrogens with two attached hydrogens (primary N) is 1. The molecule has 1 heterocycles. The Balaban J connectivity index is 2.33. The molecule has 0 bridgehead atoms. The summed E-state index contributed by atoms with van der Waals surface area (Å²) in [5.74, 6) is 1.25. The standard InChI is InChI=1S/C12H13N3O2S/c1-16-9-5-8(13)11(6-10(9)17-2)18-12-7-14-3-4-15-12/h3-7H,13H2,1-2H3. The maximum absolute atomic E-state index is 5.96. The van der Waals surface area contributed by atoms with Crippen molar-refractivity contribution in [3.63, 3.8) is 0 Å². The van der Waals surface area contributed by atoms with Crippen molar-refractivity contribution in [1.82, 2.24) is 9.97 Å². The number of rotatable bonds is 4. The molecule has 0 saturated carbocycles. The molecule has 1 aromatic heterocycles. The van der Waals surface area contributed by atoms with E-state index in [9.17, 15) is 0 Å². The summed E-state index contributed by atoms with van der Waals surface area (Å²) >= 11 is 1.43.